The molecule has 0 saturated carbocycles. The molecule has 0 spiro atoms. The van der Waals surface area contributed by atoms with Gasteiger partial charge in [-0.15, -0.1) is 0 Å². The van der Waals surface area contributed by atoms with Gasteiger partial charge in [0.05, 0.1) is 19.7 Å². The number of rotatable bonds is 6. The fourth-order valence-corrected chi connectivity index (χ4v) is 7.10. The quantitative estimate of drug-likeness (QED) is 0.502. The number of methoxy groups -OCH3 is 1. The highest BCUT2D eigenvalue weighted by Crippen LogP contribution is 2.55. The smallest absolute Gasteiger partial charge is 0.309 e. The Hall–Kier alpha value is -2.44. The predicted molar refractivity (Wildman–Crippen MR) is 107 cm³/mol. The topological polar surface area (TPSA) is 26.3 Å². The fourth-order valence-electron chi connectivity index (χ4n) is 3.11. The standard InChI is InChI=1S/C22H22O2P/c1-24-22(23)17-18-25(19-11-5-2-6-12-19,20-13-7-3-8-14-20)21-15-9-4-10-16-21/h2-16H,17-18H2,1H3/q+1/i17D. The van der Waals surface area contributed by atoms with Gasteiger partial charge >= 0.3 is 5.97 Å². The summed E-state index contributed by atoms with van der Waals surface area (Å²) >= 11 is 0. The van der Waals surface area contributed by atoms with E-state index >= 15 is 0 Å². The zero-order valence-electron chi connectivity index (χ0n) is 15.2. The molecule has 0 radical (unpaired) electrons. The maximum absolute atomic E-state index is 12.1. The first-order valence-electron chi connectivity index (χ1n) is 8.81. The van der Waals surface area contributed by atoms with Gasteiger partial charge in [-0.3, -0.25) is 4.79 Å². The Morgan fingerprint density at radius 3 is 1.48 bits per heavy atom. The molecule has 0 aliphatic carbocycles. The van der Waals surface area contributed by atoms with E-state index in [4.69, 9.17) is 6.11 Å². The minimum absolute atomic E-state index is 0.414. The molecule has 0 N–H and O–H groups in total. The lowest BCUT2D eigenvalue weighted by Crippen LogP contribution is -2.34. The van der Waals surface area contributed by atoms with E-state index in [9.17, 15) is 4.79 Å². The van der Waals surface area contributed by atoms with Crippen LogP contribution < -0.4 is 15.9 Å². The van der Waals surface area contributed by atoms with Gasteiger partial charge in [0.15, 0.2) is 0 Å². The van der Waals surface area contributed by atoms with Crippen molar-refractivity contribution in [1.82, 2.24) is 0 Å². The van der Waals surface area contributed by atoms with Crippen LogP contribution in [-0.4, -0.2) is 19.2 Å². The van der Waals surface area contributed by atoms with Crippen LogP contribution in [0.25, 0.3) is 0 Å². The first-order chi connectivity index (χ1) is 12.7. The van der Waals surface area contributed by atoms with E-state index in [1.54, 1.807) is 0 Å². The van der Waals surface area contributed by atoms with Crippen molar-refractivity contribution in [3.8, 4) is 0 Å². The van der Waals surface area contributed by atoms with Gasteiger partial charge in [0.2, 0.25) is 0 Å². The van der Waals surface area contributed by atoms with Gasteiger partial charge < -0.3 is 4.74 Å². The van der Waals surface area contributed by atoms with Crippen LogP contribution in [0.15, 0.2) is 91.0 Å². The number of esters is 1. The molecule has 3 heteroatoms. The number of ether oxygens (including phenoxy) is 1. The summed E-state index contributed by atoms with van der Waals surface area (Å²) in [5.41, 5.74) is 0. The maximum Gasteiger partial charge on any atom is 0.309 e. The highest BCUT2D eigenvalue weighted by atomic mass is 31.2. The van der Waals surface area contributed by atoms with E-state index in [0.717, 1.165) is 0 Å². The summed E-state index contributed by atoms with van der Waals surface area (Å²) in [5, 5.41) is 3.50. The molecule has 25 heavy (non-hydrogen) atoms. The van der Waals surface area contributed by atoms with Gasteiger partial charge in [-0.05, 0) is 36.4 Å². The summed E-state index contributed by atoms with van der Waals surface area (Å²) in [6.45, 7) is 0. The van der Waals surface area contributed by atoms with Crippen LogP contribution in [0.1, 0.15) is 7.77 Å². The average Bonchev–Trinajstić information content (AvgIpc) is 2.73. The second-order valence-corrected chi connectivity index (χ2v) is 9.26. The van der Waals surface area contributed by atoms with Gasteiger partial charge in [-0.1, -0.05) is 54.6 Å². The van der Waals surface area contributed by atoms with E-state index < -0.39 is 19.6 Å². The third-order valence-corrected chi connectivity index (χ3v) is 8.59. The third kappa shape index (κ3) is 3.65. The number of carbonyl (C=O) groups is 1. The molecule has 0 bridgehead atoms. The van der Waals surface area contributed by atoms with Crippen LogP contribution in [-0.2, 0) is 9.53 Å². The molecular weight excluding hydrogens is 327 g/mol. The van der Waals surface area contributed by atoms with E-state index in [0.29, 0.717) is 6.16 Å². The zero-order valence-corrected chi connectivity index (χ0v) is 15.1. The molecular formula is C22H22O2P+. The molecule has 0 aliphatic heterocycles. The predicted octanol–water partition coefficient (Wildman–Crippen LogP) is 3.54. The van der Waals surface area contributed by atoms with Crippen LogP contribution in [0.4, 0.5) is 0 Å². The van der Waals surface area contributed by atoms with Crippen molar-refractivity contribution in [3.63, 3.8) is 0 Å². The number of benzene rings is 3. The largest absolute Gasteiger partial charge is 0.469 e. The number of carbonyl (C=O) groups excluding carboxylic acids is 1. The van der Waals surface area contributed by atoms with Crippen LogP contribution >= 0.6 is 7.26 Å². The molecule has 3 rings (SSSR count). The van der Waals surface area contributed by atoms with Gasteiger partial charge in [0, 0.05) is 1.37 Å². The molecule has 0 aliphatic rings. The van der Waals surface area contributed by atoms with Crippen molar-refractivity contribution in [2.45, 2.75) is 6.40 Å². The van der Waals surface area contributed by atoms with E-state index in [-0.39, 0.29) is 0 Å². The highest BCUT2D eigenvalue weighted by molar-refractivity contribution is 7.95. The van der Waals surface area contributed by atoms with Crippen molar-refractivity contribution >= 4 is 29.1 Å². The number of hydrogen-bond acceptors (Lipinski definition) is 2. The van der Waals surface area contributed by atoms with Crippen molar-refractivity contribution in [1.29, 1.82) is 0 Å². The lowest BCUT2D eigenvalue weighted by Gasteiger charge is -2.27. The molecule has 0 heterocycles. The Bertz CT molecular complexity index is 741. The first kappa shape index (κ1) is 16.1. The van der Waals surface area contributed by atoms with Gasteiger partial charge in [0.25, 0.3) is 0 Å². The Balaban J connectivity index is 2.26. The molecule has 0 saturated heterocycles. The summed E-state index contributed by atoms with van der Waals surface area (Å²) in [6, 6.07) is 30.8. The molecule has 1 atom stereocenters. The Labute approximate surface area is 151 Å². The van der Waals surface area contributed by atoms with Crippen molar-refractivity contribution in [3.05, 3.63) is 91.0 Å². The number of hydrogen-bond donors (Lipinski definition) is 0. The summed E-state index contributed by atoms with van der Waals surface area (Å²) in [7, 11) is -0.820. The zero-order chi connectivity index (χ0) is 18.4. The SMILES string of the molecule is [2H]C(C[P+](c1ccccc1)(c1ccccc1)c1ccccc1)C(=O)OC. The van der Waals surface area contributed by atoms with Crippen LogP contribution in [0, 0.1) is 0 Å². The minimum atomic E-state index is -2.16. The lowest BCUT2D eigenvalue weighted by molar-refractivity contribution is -0.140. The molecule has 0 aromatic heterocycles. The molecule has 0 amide bonds. The molecule has 2 nitrogen and oxygen atoms in total. The van der Waals surface area contributed by atoms with Gasteiger partial charge in [-0.2, -0.15) is 0 Å². The Morgan fingerprint density at radius 2 is 1.16 bits per heavy atom. The first-order valence-corrected chi connectivity index (χ1v) is 10.2. The minimum Gasteiger partial charge on any atom is -0.469 e. The highest BCUT2D eigenvalue weighted by Gasteiger charge is 2.45. The van der Waals surface area contributed by atoms with E-state index in [1.807, 2.05) is 54.6 Å². The van der Waals surface area contributed by atoms with E-state index in [2.05, 4.69) is 36.4 Å². The maximum atomic E-state index is 12.1. The third-order valence-electron chi connectivity index (χ3n) is 4.32. The van der Waals surface area contributed by atoms with Crippen LogP contribution in [0.5, 0.6) is 0 Å². The summed E-state index contributed by atoms with van der Waals surface area (Å²) < 4.78 is 13.3. The van der Waals surface area contributed by atoms with Gasteiger partial charge in [-0.25, -0.2) is 0 Å². The molecule has 3 aromatic rings. The second kappa shape index (κ2) is 8.09. The normalized spacial score (nSPS) is 12.9. The van der Waals surface area contributed by atoms with Crippen molar-refractivity contribution in [2.75, 3.05) is 13.3 Å². The molecule has 126 valence electrons. The monoisotopic (exact) mass is 350 g/mol. The van der Waals surface area contributed by atoms with E-state index in [1.165, 1.54) is 23.0 Å². The van der Waals surface area contributed by atoms with Gasteiger partial charge in [0.1, 0.15) is 23.2 Å². The van der Waals surface area contributed by atoms with Crippen molar-refractivity contribution < 1.29 is 10.9 Å². The molecule has 1 unspecified atom stereocenters. The summed E-state index contributed by atoms with van der Waals surface area (Å²) in [4.78, 5) is 12.1. The van der Waals surface area contributed by atoms with Crippen LogP contribution in [0.3, 0.4) is 0 Å². The molecule has 0 fully saturated rings. The van der Waals surface area contributed by atoms with Crippen LogP contribution in [0.2, 0.25) is 0 Å². The lowest BCUT2D eigenvalue weighted by atomic mass is 10.3. The molecule has 3 aromatic carbocycles. The summed E-state index contributed by atoms with van der Waals surface area (Å²) in [6.07, 6.45) is -0.522. The average molecular weight is 350 g/mol. The van der Waals surface area contributed by atoms with Crippen molar-refractivity contribution in [2.24, 2.45) is 0 Å². The second-order valence-electron chi connectivity index (χ2n) is 5.73. The summed E-state index contributed by atoms with van der Waals surface area (Å²) in [5.74, 6) is -0.489. The Kier molecular flexibility index (Phi) is 5.20. The Morgan fingerprint density at radius 1 is 0.800 bits per heavy atom. The fraction of sp³-hybridized carbons (Fsp3) is 0.136.